The van der Waals surface area contributed by atoms with Crippen LogP contribution < -0.4 is 0 Å². The Balaban J connectivity index is 2.33. The summed E-state index contributed by atoms with van der Waals surface area (Å²) >= 11 is 0. The Morgan fingerprint density at radius 1 is 0.548 bits per heavy atom. The number of benzene rings is 2. The minimum absolute atomic E-state index is 0.0404. The fraction of sp³-hybridized carbons (Fsp3) is 0.556. The first-order valence-corrected chi connectivity index (χ1v) is 12.0. The van der Waals surface area contributed by atoms with Crippen LogP contribution in [0.2, 0.25) is 0 Å². The van der Waals surface area contributed by atoms with Crippen LogP contribution in [0.3, 0.4) is 0 Å². The molecule has 0 heterocycles. The van der Waals surface area contributed by atoms with Crippen molar-refractivity contribution in [3.05, 3.63) is 46.5 Å². The van der Waals surface area contributed by atoms with Crippen molar-refractivity contribution in [1.82, 2.24) is 0 Å². The predicted molar refractivity (Wildman–Crippen MR) is 127 cm³/mol. The van der Waals surface area contributed by atoms with Gasteiger partial charge < -0.3 is 20.4 Å². The number of unbranched alkanes of at least 4 members (excludes halogenated alkanes) is 6. The first kappa shape index (κ1) is 24.9. The second kappa shape index (κ2) is 12.5. The highest BCUT2D eigenvalue weighted by Crippen LogP contribution is 2.42. The molecule has 0 saturated heterocycles. The minimum atomic E-state index is -0.218. The van der Waals surface area contributed by atoms with Crippen LogP contribution in [-0.4, -0.2) is 20.4 Å². The smallest absolute Gasteiger partial charge is 0.123 e. The van der Waals surface area contributed by atoms with E-state index in [1.807, 2.05) is 19.1 Å². The lowest BCUT2D eigenvalue weighted by Crippen LogP contribution is -2.04. The molecular formula is C27H40O4. The van der Waals surface area contributed by atoms with Crippen molar-refractivity contribution in [1.29, 1.82) is 0 Å². The number of hydrogen-bond acceptors (Lipinski definition) is 4. The summed E-state index contributed by atoms with van der Waals surface area (Å²) in [5.41, 5.74) is 3.09. The van der Waals surface area contributed by atoms with Crippen molar-refractivity contribution >= 4 is 0 Å². The van der Waals surface area contributed by atoms with Crippen molar-refractivity contribution in [2.75, 3.05) is 0 Å². The van der Waals surface area contributed by atoms with Crippen LogP contribution in [-0.2, 0) is 12.8 Å². The molecule has 0 aliphatic rings. The van der Waals surface area contributed by atoms with Crippen molar-refractivity contribution in [2.24, 2.45) is 0 Å². The molecule has 0 aliphatic carbocycles. The van der Waals surface area contributed by atoms with E-state index in [0.29, 0.717) is 17.5 Å². The molecule has 2 rings (SSSR count). The third-order valence-electron chi connectivity index (χ3n) is 6.21. The Morgan fingerprint density at radius 3 is 1.32 bits per heavy atom. The van der Waals surface area contributed by atoms with E-state index in [4.69, 9.17) is 0 Å². The number of aromatic hydroxyl groups is 4. The fourth-order valence-electron chi connectivity index (χ4n) is 4.33. The van der Waals surface area contributed by atoms with Crippen LogP contribution in [0.25, 0.3) is 0 Å². The summed E-state index contributed by atoms with van der Waals surface area (Å²) in [4.78, 5) is 0. The Kier molecular flexibility index (Phi) is 10.0. The maximum Gasteiger partial charge on any atom is 0.123 e. The number of phenolic OH excluding ortho intramolecular Hbond substituents is 4. The molecular weight excluding hydrogens is 388 g/mol. The summed E-state index contributed by atoms with van der Waals surface area (Å²) in [6.45, 7) is 6.36. The maximum atomic E-state index is 10.6. The molecule has 0 spiro atoms. The van der Waals surface area contributed by atoms with Gasteiger partial charge in [-0.1, -0.05) is 59.3 Å². The molecule has 4 nitrogen and oxygen atoms in total. The van der Waals surface area contributed by atoms with E-state index in [1.54, 1.807) is 0 Å². The normalized spacial score (nSPS) is 11.4. The second-order valence-corrected chi connectivity index (χ2v) is 8.66. The minimum Gasteiger partial charge on any atom is -0.508 e. The van der Waals surface area contributed by atoms with Gasteiger partial charge in [-0.05, 0) is 55.4 Å². The molecule has 2 aromatic rings. The summed E-state index contributed by atoms with van der Waals surface area (Å²) in [6, 6.07) is 6.63. The van der Waals surface area contributed by atoms with Crippen molar-refractivity contribution in [3.8, 4) is 23.0 Å². The fourth-order valence-corrected chi connectivity index (χ4v) is 4.33. The molecule has 0 amide bonds. The molecule has 4 heteroatoms. The predicted octanol–water partition coefficient (Wildman–Crippen LogP) is 7.30. The van der Waals surface area contributed by atoms with Gasteiger partial charge in [0.05, 0.1) is 0 Å². The third kappa shape index (κ3) is 6.81. The van der Waals surface area contributed by atoms with E-state index in [2.05, 4.69) is 13.8 Å². The molecule has 0 aromatic heterocycles. The Hall–Kier alpha value is -2.36. The molecule has 4 N–H and O–H groups in total. The molecule has 0 fully saturated rings. The van der Waals surface area contributed by atoms with E-state index < -0.39 is 0 Å². The van der Waals surface area contributed by atoms with E-state index in [9.17, 15) is 20.4 Å². The first-order chi connectivity index (χ1) is 14.9. The van der Waals surface area contributed by atoms with Gasteiger partial charge in [-0.3, -0.25) is 0 Å². The largest absolute Gasteiger partial charge is 0.508 e. The van der Waals surface area contributed by atoms with Crippen LogP contribution in [0.4, 0.5) is 0 Å². The lowest BCUT2D eigenvalue weighted by molar-refractivity contribution is 0.431. The molecule has 0 aliphatic heterocycles. The van der Waals surface area contributed by atoms with Gasteiger partial charge in [0.15, 0.2) is 0 Å². The molecule has 2 aromatic carbocycles. The first-order valence-electron chi connectivity index (χ1n) is 12.0. The highest BCUT2D eigenvalue weighted by molar-refractivity contribution is 5.54. The van der Waals surface area contributed by atoms with Gasteiger partial charge in [0.2, 0.25) is 0 Å². The average Bonchev–Trinajstić information content (AvgIpc) is 2.74. The molecule has 31 heavy (non-hydrogen) atoms. The summed E-state index contributed by atoms with van der Waals surface area (Å²) in [6.07, 6.45) is 11.1. The van der Waals surface area contributed by atoms with Crippen LogP contribution in [0.15, 0.2) is 24.3 Å². The topological polar surface area (TPSA) is 80.9 Å². The number of aryl methyl sites for hydroxylation is 2. The quantitative estimate of drug-likeness (QED) is 0.252. The average molecular weight is 429 g/mol. The van der Waals surface area contributed by atoms with Crippen LogP contribution in [0.5, 0.6) is 23.0 Å². The van der Waals surface area contributed by atoms with Gasteiger partial charge in [0.25, 0.3) is 0 Å². The van der Waals surface area contributed by atoms with Gasteiger partial charge >= 0.3 is 0 Å². The molecule has 0 unspecified atom stereocenters. The summed E-state index contributed by atoms with van der Waals surface area (Å²) in [5.74, 6) is 0.112. The second-order valence-electron chi connectivity index (χ2n) is 8.66. The van der Waals surface area contributed by atoms with Gasteiger partial charge in [-0.25, -0.2) is 0 Å². The van der Waals surface area contributed by atoms with Gasteiger partial charge in [-0.2, -0.15) is 0 Å². The van der Waals surface area contributed by atoms with Gasteiger partial charge in [0.1, 0.15) is 23.0 Å². The highest BCUT2D eigenvalue weighted by Gasteiger charge is 2.22. The summed E-state index contributed by atoms with van der Waals surface area (Å²) in [5, 5.41) is 41.9. The standard InChI is InChI=1S/C27H40O4/c1-4-7-9-11-13-19-15-22(26(30)17-24(19)28)21(6-3)23-16-20(14-12-10-8-5-2)25(29)18-27(23)31/h15-18,21,28-31H,4-14H2,1-3H3. The highest BCUT2D eigenvalue weighted by atomic mass is 16.3. The SMILES string of the molecule is CCCCCCc1cc(C(CC)c2cc(CCCCCC)c(O)cc2O)c(O)cc1O. The number of hydrogen-bond donors (Lipinski definition) is 4. The van der Waals surface area contributed by atoms with Crippen LogP contribution in [0.1, 0.15) is 107 Å². The van der Waals surface area contributed by atoms with E-state index in [-0.39, 0.29) is 28.9 Å². The van der Waals surface area contributed by atoms with E-state index in [0.717, 1.165) is 62.5 Å². The monoisotopic (exact) mass is 428 g/mol. The Morgan fingerprint density at radius 2 is 0.968 bits per heavy atom. The molecule has 0 saturated carbocycles. The third-order valence-corrected chi connectivity index (χ3v) is 6.21. The summed E-state index contributed by atoms with van der Waals surface area (Å²) in [7, 11) is 0. The van der Waals surface area contributed by atoms with E-state index >= 15 is 0 Å². The zero-order chi connectivity index (χ0) is 22.8. The Bertz CT molecular complexity index is 761. The number of rotatable bonds is 13. The zero-order valence-electron chi connectivity index (χ0n) is 19.5. The maximum absolute atomic E-state index is 10.6. The molecule has 172 valence electrons. The number of phenols is 4. The van der Waals surface area contributed by atoms with Gasteiger partial charge in [-0.15, -0.1) is 0 Å². The lowest BCUT2D eigenvalue weighted by atomic mass is 9.85. The molecule has 0 radical (unpaired) electrons. The van der Waals surface area contributed by atoms with Crippen LogP contribution in [0, 0.1) is 0 Å². The van der Waals surface area contributed by atoms with Crippen molar-refractivity contribution in [2.45, 2.75) is 97.3 Å². The lowest BCUT2D eigenvalue weighted by Gasteiger charge is -2.21. The summed E-state index contributed by atoms with van der Waals surface area (Å²) < 4.78 is 0. The molecule has 0 atom stereocenters. The van der Waals surface area contributed by atoms with Crippen LogP contribution >= 0.6 is 0 Å². The Labute approximate surface area is 187 Å². The van der Waals surface area contributed by atoms with E-state index in [1.165, 1.54) is 25.0 Å². The zero-order valence-corrected chi connectivity index (χ0v) is 19.5. The van der Waals surface area contributed by atoms with Gasteiger partial charge in [0, 0.05) is 29.2 Å². The van der Waals surface area contributed by atoms with Crippen molar-refractivity contribution in [3.63, 3.8) is 0 Å². The molecule has 0 bridgehead atoms. The van der Waals surface area contributed by atoms with Crippen molar-refractivity contribution < 1.29 is 20.4 Å².